The van der Waals surface area contributed by atoms with Crippen molar-refractivity contribution in [2.75, 3.05) is 5.32 Å². The predicted molar refractivity (Wildman–Crippen MR) is 90.3 cm³/mol. The molecular formula is C18H18N4O. The summed E-state index contributed by atoms with van der Waals surface area (Å²) in [4.78, 5) is 12.3. The van der Waals surface area contributed by atoms with E-state index in [1.54, 1.807) is 18.5 Å². The Kier molecular flexibility index (Phi) is 4.19. The number of carbonyl (C=O) groups is 1. The maximum atomic E-state index is 12.3. The van der Waals surface area contributed by atoms with Gasteiger partial charge in [0.25, 0.3) is 5.91 Å². The summed E-state index contributed by atoms with van der Waals surface area (Å²) < 4.78 is 1.96. The molecule has 3 rings (SSSR count). The average Bonchev–Trinajstić information content (AvgIpc) is 3.05. The van der Waals surface area contributed by atoms with Crippen molar-refractivity contribution in [3.8, 4) is 11.4 Å². The Balaban J connectivity index is 1.79. The van der Waals surface area contributed by atoms with Crippen LogP contribution in [0.3, 0.4) is 0 Å². The number of benzene rings is 2. The molecule has 0 saturated carbocycles. The lowest BCUT2D eigenvalue weighted by Gasteiger charge is -2.09. The first-order valence-electron chi connectivity index (χ1n) is 7.54. The van der Waals surface area contributed by atoms with E-state index in [0.29, 0.717) is 5.56 Å². The quantitative estimate of drug-likeness (QED) is 0.802. The van der Waals surface area contributed by atoms with Crippen LogP contribution >= 0.6 is 0 Å². The molecule has 0 spiro atoms. The van der Waals surface area contributed by atoms with Gasteiger partial charge in [0.1, 0.15) is 6.33 Å². The highest BCUT2D eigenvalue weighted by molar-refractivity contribution is 6.04. The molecular weight excluding hydrogens is 288 g/mol. The Morgan fingerprint density at radius 3 is 2.57 bits per heavy atom. The van der Waals surface area contributed by atoms with Crippen molar-refractivity contribution in [2.45, 2.75) is 20.4 Å². The molecule has 1 heterocycles. The molecule has 5 heteroatoms. The minimum absolute atomic E-state index is 0.122. The fourth-order valence-electron chi connectivity index (χ4n) is 2.39. The number of anilines is 1. The number of para-hydroxylation sites is 1. The van der Waals surface area contributed by atoms with E-state index < -0.39 is 0 Å². The predicted octanol–water partition coefficient (Wildman–Crippen LogP) is 3.53. The van der Waals surface area contributed by atoms with Gasteiger partial charge in [-0.05, 0) is 37.6 Å². The van der Waals surface area contributed by atoms with Crippen molar-refractivity contribution in [1.29, 1.82) is 0 Å². The standard InChI is InChI=1S/C18H18N4O/c1-3-22-12-19-21-17(22)14-8-10-15(11-9-14)18(23)20-16-7-5-4-6-13(16)2/h4-12H,3H2,1-2H3,(H,20,23). The van der Waals surface area contributed by atoms with Crippen LogP contribution in [0.4, 0.5) is 5.69 Å². The van der Waals surface area contributed by atoms with Crippen molar-refractivity contribution in [3.05, 3.63) is 66.0 Å². The zero-order valence-electron chi connectivity index (χ0n) is 13.2. The lowest BCUT2D eigenvalue weighted by molar-refractivity contribution is 0.102. The molecule has 0 radical (unpaired) electrons. The Morgan fingerprint density at radius 2 is 1.87 bits per heavy atom. The molecule has 0 unspecified atom stereocenters. The Bertz CT molecular complexity index is 821. The number of nitrogens with zero attached hydrogens (tertiary/aromatic N) is 3. The minimum atomic E-state index is -0.122. The summed E-state index contributed by atoms with van der Waals surface area (Å²) >= 11 is 0. The number of rotatable bonds is 4. The molecule has 116 valence electrons. The molecule has 1 N–H and O–H groups in total. The summed E-state index contributed by atoms with van der Waals surface area (Å²) in [5, 5.41) is 11.0. The molecule has 0 bridgehead atoms. The van der Waals surface area contributed by atoms with E-state index in [9.17, 15) is 4.79 Å². The highest BCUT2D eigenvalue weighted by atomic mass is 16.1. The fourth-order valence-corrected chi connectivity index (χ4v) is 2.39. The zero-order chi connectivity index (χ0) is 16.2. The summed E-state index contributed by atoms with van der Waals surface area (Å²) in [6, 6.07) is 15.1. The van der Waals surface area contributed by atoms with Gasteiger partial charge in [0.2, 0.25) is 0 Å². The van der Waals surface area contributed by atoms with Crippen molar-refractivity contribution in [1.82, 2.24) is 14.8 Å². The zero-order valence-corrected chi connectivity index (χ0v) is 13.2. The third-order valence-electron chi connectivity index (χ3n) is 3.75. The molecule has 0 fully saturated rings. The van der Waals surface area contributed by atoms with Crippen LogP contribution < -0.4 is 5.32 Å². The number of aromatic nitrogens is 3. The normalized spacial score (nSPS) is 10.5. The summed E-state index contributed by atoms with van der Waals surface area (Å²) in [6.07, 6.45) is 1.70. The fraction of sp³-hybridized carbons (Fsp3) is 0.167. The molecule has 0 aliphatic heterocycles. The first-order chi connectivity index (χ1) is 11.2. The van der Waals surface area contributed by atoms with E-state index in [4.69, 9.17) is 0 Å². The van der Waals surface area contributed by atoms with E-state index in [0.717, 1.165) is 29.2 Å². The molecule has 5 nitrogen and oxygen atoms in total. The van der Waals surface area contributed by atoms with Crippen LogP contribution in [0, 0.1) is 6.92 Å². The number of amides is 1. The van der Waals surface area contributed by atoms with E-state index in [1.807, 2.05) is 54.8 Å². The van der Waals surface area contributed by atoms with Gasteiger partial charge in [-0.1, -0.05) is 30.3 Å². The van der Waals surface area contributed by atoms with E-state index in [2.05, 4.69) is 15.5 Å². The lowest BCUT2D eigenvalue weighted by atomic mass is 10.1. The van der Waals surface area contributed by atoms with Gasteiger partial charge in [0.05, 0.1) is 0 Å². The van der Waals surface area contributed by atoms with Gasteiger partial charge in [-0.2, -0.15) is 0 Å². The largest absolute Gasteiger partial charge is 0.322 e. The second-order valence-corrected chi connectivity index (χ2v) is 5.29. The van der Waals surface area contributed by atoms with E-state index >= 15 is 0 Å². The molecule has 0 saturated heterocycles. The summed E-state index contributed by atoms with van der Waals surface area (Å²) in [5.74, 6) is 0.682. The first-order valence-corrected chi connectivity index (χ1v) is 7.54. The summed E-state index contributed by atoms with van der Waals surface area (Å²) in [5.41, 5.74) is 3.41. The van der Waals surface area contributed by atoms with Gasteiger partial charge >= 0.3 is 0 Å². The van der Waals surface area contributed by atoms with Gasteiger partial charge in [0, 0.05) is 23.4 Å². The number of hydrogen-bond donors (Lipinski definition) is 1. The highest BCUT2D eigenvalue weighted by Gasteiger charge is 2.10. The van der Waals surface area contributed by atoms with Crippen LogP contribution in [-0.4, -0.2) is 20.7 Å². The maximum Gasteiger partial charge on any atom is 0.255 e. The molecule has 0 aliphatic carbocycles. The van der Waals surface area contributed by atoms with Gasteiger partial charge < -0.3 is 9.88 Å². The number of carbonyl (C=O) groups excluding carboxylic acids is 1. The first kappa shape index (κ1) is 15.0. The van der Waals surface area contributed by atoms with Crippen molar-refractivity contribution < 1.29 is 4.79 Å². The van der Waals surface area contributed by atoms with E-state index in [1.165, 1.54) is 0 Å². The van der Waals surface area contributed by atoms with Gasteiger partial charge in [0.15, 0.2) is 5.82 Å². The monoisotopic (exact) mass is 306 g/mol. The van der Waals surface area contributed by atoms with Crippen LogP contribution in [0.5, 0.6) is 0 Å². The average molecular weight is 306 g/mol. The Morgan fingerprint density at radius 1 is 1.13 bits per heavy atom. The number of hydrogen-bond acceptors (Lipinski definition) is 3. The molecule has 3 aromatic rings. The van der Waals surface area contributed by atoms with Gasteiger partial charge in [-0.25, -0.2) is 0 Å². The summed E-state index contributed by atoms with van der Waals surface area (Å²) in [7, 11) is 0. The van der Waals surface area contributed by atoms with E-state index in [-0.39, 0.29) is 5.91 Å². The molecule has 1 aromatic heterocycles. The molecule has 2 aromatic carbocycles. The molecule has 0 aliphatic rings. The lowest BCUT2D eigenvalue weighted by Crippen LogP contribution is -2.12. The smallest absolute Gasteiger partial charge is 0.255 e. The molecule has 23 heavy (non-hydrogen) atoms. The van der Waals surface area contributed by atoms with Crippen LogP contribution in [0.25, 0.3) is 11.4 Å². The van der Waals surface area contributed by atoms with Gasteiger partial charge in [-0.3, -0.25) is 4.79 Å². The topological polar surface area (TPSA) is 59.8 Å². The summed E-state index contributed by atoms with van der Waals surface area (Å²) in [6.45, 7) is 4.81. The second-order valence-electron chi connectivity index (χ2n) is 5.29. The SMILES string of the molecule is CCn1cnnc1-c1ccc(C(=O)Nc2ccccc2C)cc1. The number of aryl methyl sites for hydroxylation is 2. The minimum Gasteiger partial charge on any atom is -0.322 e. The van der Waals surface area contributed by atoms with Crippen molar-refractivity contribution >= 4 is 11.6 Å². The third-order valence-corrected chi connectivity index (χ3v) is 3.75. The number of nitrogens with one attached hydrogen (secondary N) is 1. The van der Waals surface area contributed by atoms with Crippen LogP contribution in [0.2, 0.25) is 0 Å². The van der Waals surface area contributed by atoms with Crippen LogP contribution in [0.1, 0.15) is 22.8 Å². The second kappa shape index (κ2) is 6.44. The van der Waals surface area contributed by atoms with Crippen LogP contribution in [0.15, 0.2) is 54.9 Å². The molecule has 0 atom stereocenters. The molecule has 1 amide bonds. The van der Waals surface area contributed by atoms with Crippen molar-refractivity contribution in [3.63, 3.8) is 0 Å². The maximum absolute atomic E-state index is 12.3. The Hall–Kier alpha value is -2.95. The highest BCUT2D eigenvalue weighted by Crippen LogP contribution is 2.19. The Labute approximate surface area is 135 Å². The van der Waals surface area contributed by atoms with Gasteiger partial charge in [-0.15, -0.1) is 10.2 Å². The van der Waals surface area contributed by atoms with Crippen molar-refractivity contribution in [2.24, 2.45) is 0 Å². The third kappa shape index (κ3) is 3.13. The van der Waals surface area contributed by atoms with Crippen LogP contribution in [-0.2, 0) is 6.54 Å².